The van der Waals surface area contributed by atoms with Crippen LogP contribution < -0.4 is 5.73 Å². The van der Waals surface area contributed by atoms with Gasteiger partial charge in [-0.1, -0.05) is 22.0 Å². The highest BCUT2D eigenvalue weighted by molar-refractivity contribution is 9.10. The molecular formula is C9H12BrNO. The fourth-order valence-electron chi connectivity index (χ4n) is 1.09. The van der Waals surface area contributed by atoms with Gasteiger partial charge in [-0.2, -0.15) is 0 Å². The summed E-state index contributed by atoms with van der Waals surface area (Å²) in [7, 11) is 0. The van der Waals surface area contributed by atoms with Crippen LogP contribution in [0.3, 0.4) is 0 Å². The molecule has 0 radical (unpaired) electrons. The lowest BCUT2D eigenvalue weighted by molar-refractivity contribution is 0.186. The Kier molecular flexibility index (Phi) is 3.26. The van der Waals surface area contributed by atoms with Crippen LogP contribution in [0, 0.1) is 6.92 Å². The fraction of sp³-hybridized carbons (Fsp3) is 0.333. The highest BCUT2D eigenvalue weighted by Gasteiger charge is 2.05. The summed E-state index contributed by atoms with van der Waals surface area (Å²) in [5, 5.41) is 9.43. The zero-order chi connectivity index (χ0) is 9.14. The van der Waals surface area contributed by atoms with Crippen molar-refractivity contribution in [1.82, 2.24) is 0 Å². The van der Waals surface area contributed by atoms with Gasteiger partial charge in [0.2, 0.25) is 0 Å². The summed E-state index contributed by atoms with van der Waals surface area (Å²) in [6.45, 7) is 2.24. The summed E-state index contributed by atoms with van der Waals surface area (Å²) in [6, 6.07) is 5.81. The quantitative estimate of drug-likeness (QED) is 0.812. The number of nitrogens with two attached hydrogens (primary N) is 1. The number of aliphatic hydroxyl groups excluding tert-OH is 1. The molecule has 0 amide bonds. The number of hydrogen-bond acceptors (Lipinski definition) is 2. The first-order valence-electron chi connectivity index (χ1n) is 3.78. The zero-order valence-electron chi connectivity index (χ0n) is 6.92. The molecule has 0 saturated heterocycles. The highest BCUT2D eigenvalue weighted by atomic mass is 79.9. The average Bonchev–Trinajstić information content (AvgIpc) is 2.01. The molecule has 66 valence electrons. The molecule has 2 nitrogen and oxygen atoms in total. The van der Waals surface area contributed by atoms with E-state index in [4.69, 9.17) is 5.73 Å². The summed E-state index contributed by atoms with van der Waals surface area (Å²) in [5.74, 6) is 0. The molecule has 3 heteroatoms. The van der Waals surface area contributed by atoms with Crippen molar-refractivity contribution >= 4 is 15.9 Å². The number of rotatable bonds is 2. The van der Waals surface area contributed by atoms with Gasteiger partial charge in [0.05, 0.1) is 6.10 Å². The molecule has 1 atom stereocenters. The molecule has 0 spiro atoms. The minimum absolute atomic E-state index is 0.260. The molecule has 0 heterocycles. The molecule has 0 aliphatic heterocycles. The number of aliphatic hydroxyl groups is 1. The lowest BCUT2D eigenvalue weighted by atomic mass is 10.1. The van der Waals surface area contributed by atoms with Gasteiger partial charge in [-0.25, -0.2) is 0 Å². The van der Waals surface area contributed by atoms with E-state index in [0.717, 1.165) is 15.6 Å². The Morgan fingerprint density at radius 1 is 1.50 bits per heavy atom. The van der Waals surface area contributed by atoms with Gasteiger partial charge >= 0.3 is 0 Å². The Bertz CT molecular complexity index is 255. The Morgan fingerprint density at radius 3 is 2.67 bits per heavy atom. The number of halogens is 1. The van der Waals surface area contributed by atoms with Crippen LogP contribution in [-0.2, 0) is 0 Å². The predicted octanol–water partition coefficient (Wildman–Crippen LogP) is 1.75. The maximum atomic E-state index is 9.43. The van der Waals surface area contributed by atoms with Crippen LogP contribution in [0.15, 0.2) is 22.7 Å². The van der Waals surface area contributed by atoms with Crippen molar-refractivity contribution < 1.29 is 5.11 Å². The van der Waals surface area contributed by atoms with Crippen molar-refractivity contribution in [2.75, 3.05) is 6.54 Å². The lowest BCUT2D eigenvalue weighted by Gasteiger charge is -2.09. The van der Waals surface area contributed by atoms with Crippen molar-refractivity contribution in [2.45, 2.75) is 13.0 Å². The molecule has 0 saturated carbocycles. The third-order valence-electron chi connectivity index (χ3n) is 1.67. The van der Waals surface area contributed by atoms with Crippen LogP contribution in [0.2, 0.25) is 0 Å². The topological polar surface area (TPSA) is 46.2 Å². The second kappa shape index (κ2) is 4.03. The van der Waals surface area contributed by atoms with Gasteiger partial charge in [0.15, 0.2) is 0 Å². The van der Waals surface area contributed by atoms with E-state index in [1.54, 1.807) is 0 Å². The van der Waals surface area contributed by atoms with Crippen LogP contribution in [0.5, 0.6) is 0 Å². The molecule has 0 unspecified atom stereocenters. The van der Waals surface area contributed by atoms with Gasteiger partial charge in [0.1, 0.15) is 0 Å². The highest BCUT2D eigenvalue weighted by Crippen LogP contribution is 2.19. The van der Waals surface area contributed by atoms with Crippen LogP contribution in [0.1, 0.15) is 17.2 Å². The Balaban J connectivity index is 3.00. The lowest BCUT2D eigenvalue weighted by Crippen LogP contribution is -2.11. The standard InChI is InChI=1S/C9H12BrNO/c1-6-2-7(9(12)5-11)4-8(10)3-6/h2-4,9,12H,5,11H2,1H3/t9-/m1/s1. The number of hydrogen-bond donors (Lipinski definition) is 2. The number of aryl methyl sites for hydroxylation is 1. The van der Waals surface area contributed by atoms with Crippen molar-refractivity contribution in [3.05, 3.63) is 33.8 Å². The van der Waals surface area contributed by atoms with Gasteiger partial charge in [0, 0.05) is 11.0 Å². The van der Waals surface area contributed by atoms with Crippen LogP contribution in [0.25, 0.3) is 0 Å². The van der Waals surface area contributed by atoms with E-state index < -0.39 is 6.10 Å². The van der Waals surface area contributed by atoms with E-state index in [1.807, 2.05) is 25.1 Å². The van der Waals surface area contributed by atoms with E-state index in [2.05, 4.69) is 15.9 Å². The maximum absolute atomic E-state index is 9.43. The Labute approximate surface area is 80.5 Å². The van der Waals surface area contributed by atoms with E-state index in [0.29, 0.717) is 0 Å². The minimum atomic E-state index is -0.554. The van der Waals surface area contributed by atoms with Gasteiger partial charge in [-0.3, -0.25) is 0 Å². The monoisotopic (exact) mass is 229 g/mol. The van der Waals surface area contributed by atoms with Crippen LogP contribution in [-0.4, -0.2) is 11.7 Å². The fourth-order valence-corrected chi connectivity index (χ4v) is 1.72. The molecule has 0 bridgehead atoms. The summed E-state index contributed by atoms with van der Waals surface area (Å²) < 4.78 is 0.977. The SMILES string of the molecule is Cc1cc(Br)cc([C@H](O)CN)c1. The second-order valence-corrected chi connectivity index (χ2v) is 3.73. The van der Waals surface area contributed by atoms with Crippen molar-refractivity contribution in [3.63, 3.8) is 0 Å². The molecule has 1 rings (SSSR count). The minimum Gasteiger partial charge on any atom is -0.387 e. The molecule has 0 aliphatic carbocycles. The molecule has 0 aliphatic rings. The summed E-state index contributed by atoms with van der Waals surface area (Å²) in [5.41, 5.74) is 7.32. The third kappa shape index (κ3) is 2.30. The molecule has 12 heavy (non-hydrogen) atoms. The van der Waals surface area contributed by atoms with Crippen molar-refractivity contribution in [1.29, 1.82) is 0 Å². The van der Waals surface area contributed by atoms with Crippen molar-refractivity contribution in [2.24, 2.45) is 5.73 Å². The van der Waals surface area contributed by atoms with Crippen LogP contribution >= 0.6 is 15.9 Å². The van der Waals surface area contributed by atoms with E-state index in [9.17, 15) is 5.11 Å². The first kappa shape index (κ1) is 9.71. The second-order valence-electron chi connectivity index (χ2n) is 2.81. The Morgan fingerprint density at radius 2 is 2.17 bits per heavy atom. The van der Waals surface area contributed by atoms with E-state index in [1.165, 1.54) is 0 Å². The van der Waals surface area contributed by atoms with Gasteiger partial charge in [-0.15, -0.1) is 0 Å². The largest absolute Gasteiger partial charge is 0.387 e. The van der Waals surface area contributed by atoms with Crippen molar-refractivity contribution in [3.8, 4) is 0 Å². The first-order valence-corrected chi connectivity index (χ1v) is 4.58. The molecule has 0 fully saturated rings. The molecular weight excluding hydrogens is 218 g/mol. The van der Waals surface area contributed by atoms with E-state index in [-0.39, 0.29) is 6.54 Å². The molecule has 3 N–H and O–H groups in total. The summed E-state index contributed by atoms with van der Waals surface area (Å²) in [6.07, 6.45) is -0.554. The van der Waals surface area contributed by atoms with Gasteiger partial charge in [0.25, 0.3) is 0 Å². The number of benzene rings is 1. The van der Waals surface area contributed by atoms with Gasteiger partial charge < -0.3 is 10.8 Å². The molecule has 1 aromatic rings. The summed E-state index contributed by atoms with van der Waals surface area (Å²) >= 11 is 3.36. The normalized spacial score (nSPS) is 13.0. The van der Waals surface area contributed by atoms with Crippen LogP contribution in [0.4, 0.5) is 0 Å². The zero-order valence-corrected chi connectivity index (χ0v) is 8.51. The predicted molar refractivity (Wildman–Crippen MR) is 52.9 cm³/mol. The smallest absolute Gasteiger partial charge is 0.0912 e. The average molecular weight is 230 g/mol. The summed E-state index contributed by atoms with van der Waals surface area (Å²) in [4.78, 5) is 0. The molecule has 1 aromatic carbocycles. The van der Waals surface area contributed by atoms with E-state index >= 15 is 0 Å². The molecule has 0 aromatic heterocycles. The third-order valence-corrected chi connectivity index (χ3v) is 2.13. The van der Waals surface area contributed by atoms with Gasteiger partial charge in [-0.05, 0) is 30.2 Å². The Hall–Kier alpha value is -0.380. The maximum Gasteiger partial charge on any atom is 0.0912 e. The first-order chi connectivity index (χ1) is 5.63.